The Balaban J connectivity index is 3.25. The minimum Gasteiger partial charge on any atom is -0.303 e. The van der Waals surface area contributed by atoms with Crippen molar-refractivity contribution in [3.05, 3.63) is 0 Å². The second-order valence-electron chi connectivity index (χ2n) is 4.76. The Hall–Kier alpha value is -0.980. The van der Waals surface area contributed by atoms with Crippen LogP contribution in [-0.2, 0) is 14.6 Å². The molecule has 3 N–H and O–H groups in total. The van der Waals surface area contributed by atoms with Crippen molar-refractivity contribution in [2.24, 2.45) is 11.1 Å². The summed E-state index contributed by atoms with van der Waals surface area (Å²) in [5, 5.41) is 3.61. The molecule has 0 aromatic rings. The summed E-state index contributed by atoms with van der Waals surface area (Å²) in [6.45, 7) is 3.00. The molecule has 0 aliphatic carbocycles. The van der Waals surface area contributed by atoms with Crippen molar-refractivity contribution >= 4 is 12.0 Å². The molecule has 118 valence electrons. The van der Waals surface area contributed by atoms with Crippen LogP contribution in [0.15, 0.2) is 5.16 Å². The molecular weight excluding hydrogens is 258 g/mol. The van der Waals surface area contributed by atoms with Crippen LogP contribution in [0.25, 0.3) is 0 Å². The number of nitrogens with two attached hydrogens (primary N) is 1. The molecular formula is C14H29N3O3. The van der Waals surface area contributed by atoms with E-state index in [0.717, 1.165) is 12.8 Å². The number of hydrogen-bond acceptors (Lipinski definition) is 6. The summed E-state index contributed by atoms with van der Waals surface area (Å²) in [6, 6.07) is 0. The maximum absolute atomic E-state index is 11.5. The van der Waals surface area contributed by atoms with E-state index in [1.54, 1.807) is 0 Å². The second-order valence-corrected chi connectivity index (χ2v) is 4.76. The summed E-state index contributed by atoms with van der Waals surface area (Å²) in [5.41, 5.74) is 2.52. The molecule has 0 atom stereocenters. The first-order valence-electron chi connectivity index (χ1n) is 7.55. The number of carbonyl (C=O) groups excluding carboxylic acids is 1. The molecule has 0 aromatic heterocycles. The van der Waals surface area contributed by atoms with Crippen molar-refractivity contribution in [3.63, 3.8) is 0 Å². The lowest BCUT2D eigenvalue weighted by Crippen LogP contribution is -2.19. The van der Waals surface area contributed by atoms with Gasteiger partial charge in [0.2, 0.25) is 0 Å². The molecule has 0 radical (unpaired) electrons. The standard InChI is InChI=1S/C14H29N3O3/c1-2-3-4-5-6-7-8-9-14(18)10-11-16-20-17-12-13-19-15/h11,17H,2-10,12-13,15H2,1H3. The Labute approximate surface area is 122 Å². The van der Waals surface area contributed by atoms with E-state index in [9.17, 15) is 4.79 Å². The molecule has 0 spiro atoms. The minimum atomic E-state index is 0.205. The van der Waals surface area contributed by atoms with Gasteiger partial charge in [0.25, 0.3) is 0 Å². The summed E-state index contributed by atoms with van der Waals surface area (Å²) in [4.78, 5) is 20.5. The molecule has 6 nitrogen and oxygen atoms in total. The molecule has 20 heavy (non-hydrogen) atoms. The zero-order valence-electron chi connectivity index (χ0n) is 12.6. The fourth-order valence-corrected chi connectivity index (χ4v) is 1.74. The second kappa shape index (κ2) is 16.1. The van der Waals surface area contributed by atoms with Crippen molar-refractivity contribution in [2.75, 3.05) is 13.2 Å². The Bertz CT molecular complexity index is 248. The molecule has 0 rings (SSSR count). The van der Waals surface area contributed by atoms with Crippen molar-refractivity contribution in [3.8, 4) is 0 Å². The number of hydrogen-bond donors (Lipinski definition) is 2. The van der Waals surface area contributed by atoms with Gasteiger partial charge in [0.05, 0.1) is 19.4 Å². The van der Waals surface area contributed by atoms with Crippen LogP contribution in [0.2, 0.25) is 0 Å². The van der Waals surface area contributed by atoms with Gasteiger partial charge in [-0.15, -0.1) is 5.48 Å². The molecule has 0 aliphatic heterocycles. The summed E-state index contributed by atoms with van der Waals surface area (Å²) < 4.78 is 0. The van der Waals surface area contributed by atoms with Crippen LogP contribution in [0.4, 0.5) is 0 Å². The smallest absolute Gasteiger partial charge is 0.138 e. The van der Waals surface area contributed by atoms with Gasteiger partial charge in [0.15, 0.2) is 0 Å². The normalized spacial score (nSPS) is 11.1. The van der Waals surface area contributed by atoms with E-state index in [2.05, 4.69) is 22.4 Å². The Morgan fingerprint density at radius 2 is 1.90 bits per heavy atom. The van der Waals surface area contributed by atoms with Crippen molar-refractivity contribution in [1.29, 1.82) is 0 Å². The van der Waals surface area contributed by atoms with Crippen molar-refractivity contribution in [1.82, 2.24) is 5.48 Å². The molecule has 0 unspecified atom stereocenters. The maximum atomic E-state index is 11.5. The lowest BCUT2D eigenvalue weighted by atomic mass is 10.1. The van der Waals surface area contributed by atoms with E-state index in [-0.39, 0.29) is 5.78 Å². The van der Waals surface area contributed by atoms with Gasteiger partial charge in [0.1, 0.15) is 5.78 Å². The van der Waals surface area contributed by atoms with E-state index >= 15 is 0 Å². The van der Waals surface area contributed by atoms with Gasteiger partial charge in [-0.1, -0.05) is 50.6 Å². The molecule has 0 fully saturated rings. The third kappa shape index (κ3) is 15.1. The molecule has 0 bridgehead atoms. The number of ketones is 1. The van der Waals surface area contributed by atoms with Crippen LogP contribution in [0.5, 0.6) is 0 Å². The number of Topliss-reactive ketones (excluding diaryl/α,β-unsaturated/α-hetero) is 1. The highest BCUT2D eigenvalue weighted by Gasteiger charge is 1.99. The van der Waals surface area contributed by atoms with Gasteiger partial charge >= 0.3 is 0 Å². The van der Waals surface area contributed by atoms with Crippen LogP contribution < -0.4 is 11.4 Å². The van der Waals surface area contributed by atoms with Crippen molar-refractivity contribution < 1.29 is 14.6 Å². The first kappa shape index (κ1) is 19.0. The Morgan fingerprint density at radius 3 is 2.60 bits per heavy atom. The van der Waals surface area contributed by atoms with Gasteiger partial charge in [-0.2, -0.15) is 0 Å². The summed E-state index contributed by atoms with van der Waals surface area (Å²) in [6.07, 6.45) is 11.0. The van der Waals surface area contributed by atoms with E-state index in [0.29, 0.717) is 26.0 Å². The van der Waals surface area contributed by atoms with Gasteiger partial charge in [-0.3, -0.25) is 4.79 Å². The first-order valence-corrected chi connectivity index (χ1v) is 7.55. The minimum absolute atomic E-state index is 0.205. The van der Waals surface area contributed by atoms with Crippen LogP contribution in [0.3, 0.4) is 0 Å². The number of nitrogens with one attached hydrogen (secondary N) is 1. The third-order valence-electron chi connectivity index (χ3n) is 2.89. The number of oxime groups is 1. The van der Waals surface area contributed by atoms with E-state index in [4.69, 9.17) is 10.8 Å². The van der Waals surface area contributed by atoms with Crippen LogP contribution >= 0.6 is 0 Å². The average molecular weight is 287 g/mol. The fraction of sp³-hybridized carbons (Fsp3) is 0.857. The molecule has 0 heterocycles. The number of hydroxylamine groups is 1. The molecule has 0 saturated heterocycles. The lowest BCUT2D eigenvalue weighted by molar-refractivity contribution is -0.118. The third-order valence-corrected chi connectivity index (χ3v) is 2.89. The molecule has 0 aliphatic rings. The Kier molecular flexibility index (Phi) is 15.3. The number of nitrogens with zero attached hydrogens (tertiary/aromatic N) is 1. The largest absolute Gasteiger partial charge is 0.303 e. The van der Waals surface area contributed by atoms with E-state index in [1.165, 1.54) is 38.3 Å². The van der Waals surface area contributed by atoms with Crippen molar-refractivity contribution in [2.45, 2.75) is 64.7 Å². The zero-order chi connectivity index (χ0) is 14.9. The quantitative estimate of drug-likeness (QED) is 0.274. The molecule has 0 amide bonds. The SMILES string of the molecule is CCCCCCCCCC(=O)CC=NONCCON. The fourth-order valence-electron chi connectivity index (χ4n) is 1.74. The number of carbonyl (C=O) groups is 1. The predicted molar refractivity (Wildman–Crippen MR) is 80.0 cm³/mol. The highest BCUT2D eigenvalue weighted by molar-refractivity contribution is 5.91. The monoisotopic (exact) mass is 287 g/mol. The topological polar surface area (TPSA) is 85.9 Å². The van der Waals surface area contributed by atoms with E-state index in [1.807, 2.05) is 0 Å². The highest BCUT2D eigenvalue weighted by Crippen LogP contribution is 2.08. The lowest BCUT2D eigenvalue weighted by Gasteiger charge is -2.00. The first-order chi connectivity index (χ1) is 9.81. The van der Waals surface area contributed by atoms with E-state index < -0.39 is 0 Å². The average Bonchev–Trinajstić information content (AvgIpc) is 2.45. The Morgan fingerprint density at radius 1 is 1.20 bits per heavy atom. The highest BCUT2D eigenvalue weighted by atomic mass is 16.8. The zero-order valence-corrected chi connectivity index (χ0v) is 12.6. The predicted octanol–water partition coefficient (Wildman–Crippen LogP) is 2.48. The van der Waals surface area contributed by atoms with Gasteiger partial charge in [0, 0.05) is 12.8 Å². The summed E-state index contributed by atoms with van der Waals surface area (Å²) in [5.74, 6) is 5.03. The summed E-state index contributed by atoms with van der Waals surface area (Å²) >= 11 is 0. The van der Waals surface area contributed by atoms with Gasteiger partial charge in [-0.25, -0.2) is 5.90 Å². The molecule has 0 saturated carbocycles. The van der Waals surface area contributed by atoms with Crippen LogP contribution in [0.1, 0.15) is 64.7 Å². The number of unbranched alkanes of at least 4 members (excludes halogenated alkanes) is 6. The van der Waals surface area contributed by atoms with Gasteiger partial charge < -0.3 is 9.78 Å². The van der Waals surface area contributed by atoms with Gasteiger partial charge in [-0.05, 0) is 6.42 Å². The molecule has 6 heteroatoms. The number of rotatable bonds is 15. The maximum Gasteiger partial charge on any atom is 0.138 e. The van der Waals surface area contributed by atoms with Crippen LogP contribution in [-0.4, -0.2) is 25.1 Å². The summed E-state index contributed by atoms with van der Waals surface area (Å²) in [7, 11) is 0. The van der Waals surface area contributed by atoms with Crippen LogP contribution in [0, 0.1) is 0 Å². The molecule has 0 aromatic carbocycles.